The Bertz CT molecular complexity index is 513. The van der Waals surface area contributed by atoms with Crippen LogP contribution >= 0.6 is 11.6 Å². The summed E-state index contributed by atoms with van der Waals surface area (Å²) < 4.78 is 13.8. The molecule has 1 saturated heterocycles. The van der Waals surface area contributed by atoms with Crippen molar-refractivity contribution in [2.75, 3.05) is 13.1 Å². The molecule has 5 heteroatoms. The van der Waals surface area contributed by atoms with Crippen LogP contribution in [0.25, 0.3) is 0 Å². The van der Waals surface area contributed by atoms with Gasteiger partial charge in [0.2, 0.25) is 0 Å². The van der Waals surface area contributed by atoms with Crippen LogP contribution < -0.4 is 0 Å². The fourth-order valence-corrected chi connectivity index (χ4v) is 3.24. The molecule has 2 rings (SSSR count). The number of piperidine rings is 1. The van der Waals surface area contributed by atoms with Crippen LogP contribution in [0.15, 0.2) is 18.2 Å². The van der Waals surface area contributed by atoms with Crippen molar-refractivity contribution in [2.45, 2.75) is 39.2 Å². The van der Waals surface area contributed by atoms with Gasteiger partial charge in [0.15, 0.2) is 0 Å². The summed E-state index contributed by atoms with van der Waals surface area (Å²) in [4.78, 5) is 13.6. The monoisotopic (exact) mass is 313 g/mol. The van der Waals surface area contributed by atoms with Gasteiger partial charge >= 0.3 is 5.97 Å². The number of carboxylic acid groups (broad SMARTS) is 1. The van der Waals surface area contributed by atoms with Gasteiger partial charge in [0, 0.05) is 17.1 Å². The van der Waals surface area contributed by atoms with Crippen molar-refractivity contribution in [1.29, 1.82) is 0 Å². The number of halogens is 2. The summed E-state index contributed by atoms with van der Waals surface area (Å²) in [7, 11) is 0. The molecule has 0 amide bonds. The summed E-state index contributed by atoms with van der Waals surface area (Å²) in [6, 6.07) is 4.70. The number of hydrogen-bond acceptors (Lipinski definition) is 2. The Kier molecular flexibility index (Phi) is 5.22. The quantitative estimate of drug-likeness (QED) is 0.895. The highest BCUT2D eigenvalue weighted by Gasteiger charge is 2.40. The molecule has 0 atom stereocenters. The van der Waals surface area contributed by atoms with E-state index in [1.165, 1.54) is 6.07 Å². The van der Waals surface area contributed by atoms with Gasteiger partial charge in [-0.15, -0.1) is 0 Å². The van der Waals surface area contributed by atoms with E-state index >= 15 is 0 Å². The first-order valence-corrected chi connectivity index (χ1v) is 7.74. The van der Waals surface area contributed by atoms with Crippen LogP contribution in [0.5, 0.6) is 0 Å². The van der Waals surface area contributed by atoms with Crippen LogP contribution in [-0.2, 0) is 11.3 Å². The third-order valence-electron chi connectivity index (χ3n) is 4.40. The van der Waals surface area contributed by atoms with Crippen molar-refractivity contribution in [3.63, 3.8) is 0 Å². The molecule has 0 aliphatic carbocycles. The predicted octanol–water partition coefficient (Wildman–Crippen LogP) is 3.95. The van der Waals surface area contributed by atoms with Crippen molar-refractivity contribution >= 4 is 17.6 Å². The van der Waals surface area contributed by atoms with E-state index in [1.54, 1.807) is 12.1 Å². The van der Waals surface area contributed by atoms with Gasteiger partial charge in [-0.25, -0.2) is 4.39 Å². The van der Waals surface area contributed by atoms with Crippen molar-refractivity contribution in [1.82, 2.24) is 4.90 Å². The Morgan fingerprint density at radius 3 is 2.62 bits per heavy atom. The smallest absolute Gasteiger partial charge is 0.309 e. The zero-order valence-electron chi connectivity index (χ0n) is 12.2. The Balaban J connectivity index is 1.99. The SMILES string of the molecule is CCCC1(C(=O)O)CCN(Cc2ccc(Cl)cc2F)CC1. The molecule has 1 aliphatic rings. The average molecular weight is 314 g/mol. The lowest BCUT2D eigenvalue weighted by Gasteiger charge is -2.38. The van der Waals surface area contributed by atoms with Gasteiger partial charge in [-0.2, -0.15) is 0 Å². The normalized spacial score (nSPS) is 18.6. The Morgan fingerprint density at radius 2 is 2.10 bits per heavy atom. The second kappa shape index (κ2) is 6.75. The first-order valence-electron chi connectivity index (χ1n) is 7.36. The molecule has 1 N–H and O–H groups in total. The largest absolute Gasteiger partial charge is 0.481 e. The van der Waals surface area contributed by atoms with Gasteiger partial charge < -0.3 is 5.11 Å². The van der Waals surface area contributed by atoms with Crippen LogP contribution in [0.4, 0.5) is 4.39 Å². The van der Waals surface area contributed by atoms with Gasteiger partial charge in [-0.05, 0) is 44.5 Å². The second-order valence-electron chi connectivity index (χ2n) is 5.85. The molecule has 1 fully saturated rings. The van der Waals surface area contributed by atoms with Gasteiger partial charge in [0.1, 0.15) is 5.82 Å². The van der Waals surface area contributed by atoms with Crippen molar-refractivity contribution in [3.05, 3.63) is 34.6 Å². The number of aliphatic carboxylic acids is 1. The van der Waals surface area contributed by atoms with E-state index in [9.17, 15) is 14.3 Å². The van der Waals surface area contributed by atoms with E-state index in [1.807, 2.05) is 6.92 Å². The van der Waals surface area contributed by atoms with E-state index in [4.69, 9.17) is 11.6 Å². The van der Waals surface area contributed by atoms with Crippen molar-refractivity contribution in [2.24, 2.45) is 5.41 Å². The van der Waals surface area contributed by atoms with Gasteiger partial charge in [0.05, 0.1) is 5.41 Å². The number of nitrogens with zero attached hydrogens (tertiary/aromatic N) is 1. The maximum atomic E-state index is 13.8. The minimum atomic E-state index is -0.693. The zero-order chi connectivity index (χ0) is 15.5. The summed E-state index contributed by atoms with van der Waals surface area (Å²) in [5.74, 6) is -0.993. The lowest BCUT2D eigenvalue weighted by Crippen LogP contribution is -2.44. The number of rotatable bonds is 5. The zero-order valence-corrected chi connectivity index (χ0v) is 13.0. The molecule has 3 nitrogen and oxygen atoms in total. The maximum Gasteiger partial charge on any atom is 0.309 e. The van der Waals surface area contributed by atoms with Crippen molar-refractivity contribution in [3.8, 4) is 0 Å². The molecule has 0 saturated carbocycles. The van der Waals surface area contributed by atoms with Crippen LogP contribution in [0.3, 0.4) is 0 Å². The van der Waals surface area contributed by atoms with E-state index in [0.29, 0.717) is 49.5 Å². The molecule has 0 unspecified atom stereocenters. The van der Waals surface area contributed by atoms with Gasteiger partial charge in [-0.3, -0.25) is 9.69 Å². The van der Waals surface area contributed by atoms with E-state index in [0.717, 1.165) is 6.42 Å². The first-order chi connectivity index (χ1) is 9.97. The third kappa shape index (κ3) is 3.74. The topological polar surface area (TPSA) is 40.5 Å². The lowest BCUT2D eigenvalue weighted by molar-refractivity contribution is -0.152. The van der Waals surface area contributed by atoms with Crippen LogP contribution in [0.2, 0.25) is 5.02 Å². The van der Waals surface area contributed by atoms with E-state index < -0.39 is 11.4 Å². The average Bonchev–Trinajstić information content (AvgIpc) is 2.44. The van der Waals surface area contributed by atoms with Crippen LogP contribution in [0, 0.1) is 11.2 Å². The molecule has 1 heterocycles. The van der Waals surface area contributed by atoms with Crippen LogP contribution in [0.1, 0.15) is 38.2 Å². The highest BCUT2D eigenvalue weighted by molar-refractivity contribution is 6.30. The predicted molar refractivity (Wildman–Crippen MR) is 80.9 cm³/mol. The fraction of sp³-hybridized carbons (Fsp3) is 0.562. The number of carboxylic acids is 1. The number of hydrogen-bond donors (Lipinski definition) is 1. The maximum absolute atomic E-state index is 13.8. The third-order valence-corrected chi connectivity index (χ3v) is 4.64. The Hall–Kier alpha value is -1.13. The van der Waals surface area contributed by atoms with Gasteiger partial charge in [0.25, 0.3) is 0 Å². The summed E-state index contributed by atoms with van der Waals surface area (Å²) in [5, 5.41) is 9.87. The lowest BCUT2D eigenvalue weighted by atomic mass is 9.75. The number of carbonyl (C=O) groups is 1. The van der Waals surface area contributed by atoms with E-state index in [2.05, 4.69) is 4.90 Å². The highest BCUT2D eigenvalue weighted by atomic mass is 35.5. The molecular weight excluding hydrogens is 293 g/mol. The minimum Gasteiger partial charge on any atom is -0.481 e. The van der Waals surface area contributed by atoms with Crippen molar-refractivity contribution < 1.29 is 14.3 Å². The fourth-order valence-electron chi connectivity index (χ4n) is 3.08. The number of benzene rings is 1. The Labute approximate surface area is 129 Å². The molecule has 116 valence electrons. The summed E-state index contributed by atoms with van der Waals surface area (Å²) in [6.07, 6.45) is 2.85. The molecule has 21 heavy (non-hydrogen) atoms. The summed E-state index contributed by atoms with van der Waals surface area (Å²) in [5.41, 5.74) is 0.0155. The molecule has 1 aliphatic heterocycles. The highest BCUT2D eigenvalue weighted by Crippen LogP contribution is 2.37. The number of likely N-dealkylation sites (tertiary alicyclic amines) is 1. The minimum absolute atomic E-state index is 0.300. The Morgan fingerprint density at radius 1 is 1.43 bits per heavy atom. The summed E-state index contributed by atoms with van der Waals surface area (Å²) in [6.45, 7) is 3.90. The first kappa shape index (κ1) is 16.2. The molecule has 0 radical (unpaired) electrons. The molecule has 1 aromatic rings. The molecule has 0 bridgehead atoms. The van der Waals surface area contributed by atoms with Crippen LogP contribution in [-0.4, -0.2) is 29.1 Å². The molecule has 1 aromatic carbocycles. The molecular formula is C16H21ClFNO2. The molecule has 0 spiro atoms. The van der Waals surface area contributed by atoms with E-state index in [-0.39, 0.29) is 5.82 Å². The van der Waals surface area contributed by atoms with Gasteiger partial charge in [-0.1, -0.05) is 31.0 Å². The standard InChI is InChI=1S/C16H21ClFNO2/c1-2-5-16(15(20)21)6-8-19(9-7-16)11-12-3-4-13(17)10-14(12)18/h3-4,10H,2,5-9,11H2,1H3,(H,20,21). The second-order valence-corrected chi connectivity index (χ2v) is 6.28. The summed E-state index contributed by atoms with van der Waals surface area (Å²) >= 11 is 5.75. The molecule has 0 aromatic heterocycles.